The van der Waals surface area contributed by atoms with Crippen LogP contribution in [0.1, 0.15) is 18.9 Å². The van der Waals surface area contributed by atoms with Crippen LogP contribution in [-0.2, 0) is 16.0 Å². The van der Waals surface area contributed by atoms with Crippen molar-refractivity contribution in [3.8, 4) is 11.5 Å². The molecule has 0 fully saturated rings. The Morgan fingerprint density at radius 2 is 1.93 bits per heavy atom. The number of nitrogens with one attached hydrogen (secondary N) is 1. The van der Waals surface area contributed by atoms with E-state index in [9.17, 15) is 9.59 Å². The molecular weight excluding hydrogens is 344 g/mol. The first-order valence-corrected chi connectivity index (χ1v) is 9.06. The molecule has 1 heterocycles. The van der Waals surface area contributed by atoms with Gasteiger partial charge in [-0.1, -0.05) is 30.3 Å². The predicted molar refractivity (Wildman–Crippen MR) is 103 cm³/mol. The number of anilines is 1. The smallest absolute Gasteiger partial charge is 0.267 e. The van der Waals surface area contributed by atoms with Gasteiger partial charge in [0.25, 0.3) is 5.91 Å². The van der Waals surface area contributed by atoms with Crippen LogP contribution in [0.25, 0.3) is 0 Å². The summed E-state index contributed by atoms with van der Waals surface area (Å²) in [6.45, 7) is 2.56. The molecule has 1 atom stereocenters. The summed E-state index contributed by atoms with van der Waals surface area (Å²) in [5.74, 6) is 1.27. The summed E-state index contributed by atoms with van der Waals surface area (Å²) in [6, 6.07) is 15.1. The minimum Gasteiger partial charge on any atom is -0.496 e. The van der Waals surface area contributed by atoms with Crippen molar-refractivity contribution in [2.75, 3.05) is 25.1 Å². The minimum atomic E-state index is -0.548. The molecule has 1 aliphatic rings. The lowest BCUT2D eigenvalue weighted by atomic mass is 10.1. The third kappa shape index (κ3) is 4.39. The number of carbonyl (C=O) groups is 2. The van der Waals surface area contributed by atoms with E-state index in [0.29, 0.717) is 30.9 Å². The largest absolute Gasteiger partial charge is 0.496 e. The summed E-state index contributed by atoms with van der Waals surface area (Å²) in [7, 11) is 1.63. The number of fused-ring (bicyclic) bond motifs is 1. The molecule has 6 heteroatoms. The Kier molecular flexibility index (Phi) is 5.96. The Morgan fingerprint density at radius 3 is 2.74 bits per heavy atom. The van der Waals surface area contributed by atoms with Gasteiger partial charge >= 0.3 is 0 Å². The van der Waals surface area contributed by atoms with Gasteiger partial charge in [0.1, 0.15) is 11.5 Å². The molecule has 142 valence electrons. The second-order valence-electron chi connectivity index (χ2n) is 6.38. The predicted octanol–water partition coefficient (Wildman–Crippen LogP) is 2.56. The van der Waals surface area contributed by atoms with Gasteiger partial charge in [-0.05, 0) is 37.1 Å². The van der Waals surface area contributed by atoms with E-state index in [2.05, 4.69) is 5.32 Å². The van der Waals surface area contributed by atoms with Crippen LogP contribution in [0.4, 0.5) is 5.69 Å². The molecule has 0 spiro atoms. The summed E-state index contributed by atoms with van der Waals surface area (Å²) >= 11 is 0. The lowest BCUT2D eigenvalue weighted by Crippen LogP contribution is -2.45. The van der Waals surface area contributed by atoms with Crippen LogP contribution >= 0.6 is 0 Å². The second-order valence-corrected chi connectivity index (χ2v) is 6.38. The van der Waals surface area contributed by atoms with Crippen molar-refractivity contribution in [1.82, 2.24) is 5.32 Å². The standard InChI is InChI=1S/C21H24N2O4/c1-15-21(25)23(17-8-4-6-10-19(17)27-15)14-12-20(24)22-13-11-16-7-3-5-9-18(16)26-2/h3-10,15H,11-14H2,1-2H3,(H,22,24). The van der Waals surface area contributed by atoms with E-state index in [1.54, 1.807) is 18.9 Å². The topological polar surface area (TPSA) is 67.9 Å². The molecule has 0 saturated heterocycles. The number of nitrogens with zero attached hydrogens (tertiary/aromatic N) is 1. The zero-order valence-electron chi connectivity index (χ0n) is 15.6. The molecule has 1 N–H and O–H groups in total. The molecule has 2 amide bonds. The van der Waals surface area contributed by atoms with Gasteiger partial charge in [-0.3, -0.25) is 9.59 Å². The Labute approximate surface area is 159 Å². The van der Waals surface area contributed by atoms with Crippen LogP contribution in [-0.4, -0.2) is 38.1 Å². The molecule has 2 aromatic carbocycles. The van der Waals surface area contributed by atoms with E-state index in [-0.39, 0.29) is 18.2 Å². The van der Waals surface area contributed by atoms with Crippen LogP contribution in [0.15, 0.2) is 48.5 Å². The molecule has 0 aromatic heterocycles. The van der Waals surface area contributed by atoms with Crippen LogP contribution in [0, 0.1) is 0 Å². The van der Waals surface area contributed by atoms with Crippen molar-refractivity contribution in [3.63, 3.8) is 0 Å². The molecule has 0 bridgehead atoms. The van der Waals surface area contributed by atoms with E-state index in [1.807, 2.05) is 48.5 Å². The zero-order valence-corrected chi connectivity index (χ0v) is 15.6. The monoisotopic (exact) mass is 368 g/mol. The van der Waals surface area contributed by atoms with Gasteiger partial charge in [0.15, 0.2) is 6.10 Å². The SMILES string of the molecule is COc1ccccc1CCNC(=O)CCN1C(=O)C(C)Oc2ccccc21. The highest BCUT2D eigenvalue weighted by molar-refractivity contribution is 6.00. The van der Waals surface area contributed by atoms with Crippen LogP contribution in [0.5, 0.6) is 11.5 Å². The summed E-state index contributed by atoms with van der Waals surface area (Å²) in [5.41, 5.74) is 1.76. The molecule has 2 aromatic rings. The van der Waals surface area contributed by atoms with Gasteiger partial charge in [0.05, 0.1) is 12.8 Å². The van der Waals surface area contributed by atoms with E-state index < -0.39 is 6.10 Å². The molecule has 0 aliphatic carbocycles. The maximum atomic E-state index is 12.4. The maximum Gasteiger partial charge on any atom is 0.267 e. The third-order valence-corrected chi connectivity index (χ3v) is 4.55. The summed E-state index contributed by atoms with van der Waals surface area (Å²) in [5, 5.41) is 2.91. The molecule has 0 saturated carbocycles. The fraction of sp³-hybridized carbons (Fsp3) is 0.333. The van der Waals surface area contributed by atoms with Crippen molar-refractivity contribution in [3.05, 3.63) is 54.1 Å². The molecule has 1 aliphatic heterocycles. The highest BCUT2D eigenvalue weighted by atomic mass is 16.5. The summed E-state index contributed by atoms with van der Waals surface area (Å²) < 4.78 is 10.9. The van der Waals surface area contributed by atoms with E-state index >= 15 is 0 Å². The van der Waals surface area contributed by atoms with Crippen LogP contribution in [0.2, 0.25) is 0 Å². The quantitative estimate of drug-likeness (QED) is 0.816. The lowest BCUT2D eigenvalue weighted by molar-refractivity contribution is -0.125. The first-order valence-electron chi connectivity index (χ1n) is 9.06. The number of benzene rings is 2. The van der Waals surface area contributed by atoms with Crippen molar-refractivity contribution in [2.24, 2.45) is 0 Å². The minimum absolute atomic E-state index is 0.0886. The highest BCUT2D eigenvalue weighted by Crippen LogP contribution is 2.33. The average molecular weight is 368 g/mol. The Balaban J connectivity index is 1.52. The first kappa shape index (κ1) is 18.8. The fourth-order valence-electron chi connectivity index (χ4n) is 3.14. The third-order valence-electron chi connectivity index (χ3n) is 4.55. The first-order chi connectivity index (χ1) is 13.1. The Bertz CT molecular complexity index is 821. The fourth-order valence-corrected chi connectivity index (χ4v) is 3.14. The van der Waals surface area contributed by atoms with Gasteiger partial charge in [-0.15, -0.1) is 0 Å². The normalized spacial score (nSPS) is 15.7. The number of ether oxygens (including phenoxy) is 2. The number of para-hydroxylation sites is 3. The molecule has 0 radical (unpaired) electrons. The zero-order chi connectivity index (χ0) is 19.2. The van der Waals surface area contributed by atoms with Crippen LogP contribution in [0.3, 0.4) is 0 Å². The molecular formula is C21H24N2O4. The summed E-state index contributed by atoms with van der Waals surface area (Å²) in [6.07, 6.45) is 0.374. The van der Waals surface area contributed by atoms with Crippen LogP contribution < -0.4 is 19.7 Å². The van der Waals surface area contributed by atoms with Gasteiger partial charge in [-0.2, -0.15) is 0 Å². The number of rotatable bonds is 7. The lowest BCUT2D eigenvalue weighted by Gasteiger charge is -2.32. The van der Waals surface area contributed by atoms with Gasteiger partial charge in [0.2, 0.25) is 5.91 Å². The van der Waals surface area contributed by atoms with Gasteiger partial charge < -0.3 is 19.7 Å². The van der Waals surface area contributed by atoms with Gasteiger partial charge in [0, 0.05) is 19.5 Å². The number of hydrogen-bond donors (Lipinski definition) is 1. The van der Waals surface area contributed by atoms with E-state index in [4.69, 9.17) is 9.47 Å². The molecule has 6 nitrogen and oxygen atoms in total. The Morgan fingerprint density at radius 1 is 1.19 bits per heavy atom. The van der Waals surface area contributed by atoms with Crippen molar-refractivity contribution in [1.29, 1.82) is 0 Å². The number of methoxy groups -OCH3 is 1. The highest BCUT2D eigenvalue weighted by Gasteiger charge is 2.31. The van der Waals surface area contributed by atoms with Gasteiger partial charge in [-0.25, -0.2) is 0 Å². The van der Waals surface area contributed by atoms with Crippen molar-refractivity contribution >= 4 is 17.5 Å². The van der Waals surface area contributed by atoms with Crippen molar-refractivity contribution in [2.45, 2.75) is 25.9 Å². The van der Waals surface area contributed by atoms with E-state index in [0.717, 1.165) is 11.3 Å². The Hall–Kier alpha value is -3.02. The number of hydrogen-bond acceptors (Lipinski definition) is 4. The maximum absolute atomic E-state index is 12.4. The number of carbonyl (C=O) groups excluding carboxylic acids is 2. The number of amides is 2. The van der Waals surface area contributed by atoms with Crippen molar-refractivity contribution < 1.29 is 19.1 Å². The van der Waals surface area contributed by atoms with E-state index in [1.165, 1.54) is 0 Å². The molecule has 1 unspecified atom stereocenters. The summed E-state index contributed by atoms with van der Waals surface area (Å²) in [4.78, 5) is 26.3. The second kappa shape index (κ2) is 8.58. The molecule has 3 rings (SSSR count). The average Bonchev–Trinajstić information content (AvgIpc) is 2.68. The molecule has 27 heavy (non-hydrogen) atoms.